The molecule has 0 unspecified atom stereocenters. The van der Waals surface area contributed by atoms with Gasteiger partial charge in [-0.1, -0.05) is 31.2 Å². The van der Waals surface area contributed by atoms with E-state index in [-0.39, 0.29) is 0 Å². The molecule has 0 radical (unpaired) electrons. The van der Waals surface area contributed by atoms with Gasteiger partial charge in [0.2, 0.25) is 0 Å². The molecule has 1 aliphatic heterocycles. The first-order valence-corrected chi connectivity index (χ1v) is 6.97. The van der Waals surface area contributed by atoms with Crippen LogP contribution in [0, 0.1) is 0 Å². The molecule has 0 amide bonds. The molecule has 3 heteroatoms. The van der Waals surface area contributed by atoms with Crippen molar-refractivity contribution in [1.82, 2.24) is 0 Å². The fourth-order valence-corrected chi connectivity index (χ4v) is 2.56. The average Bonchev–Trinajstić information content (AvgIpc) is 2.62. The Kier molecular flexibility index (Phi) is 4.61. The number of carbonyl (C=O) groups is 1. The molecule has 3 nitrogen and oxygen atoms in total. The zero-order valence-corrected chi connectivity index (χ0v) is 11.4. The molecule has 1 aliphatic rings. The summed E-state index contributed by atoms with van der Waals surface area (Å²) < 4.78 is 0. The summed E-state index contributed by atoms with van der Waals surface area (Å²) in [6, 6.07) is 8.45. The minimum absolute atomic E-state index is 0.502. The normalized spacial score (nSPS) is 15.8. The number of benzene rings is 1. The van der Waals surface area contributed by atoms with Crippen LogP contribution in [-0.4, -0.2) is 24.2 Å². The van der Waals surface area contributed by atoms with Crippen molar-refractivity contribution in [2.75, 3.05) is 18.0 Å². The van der Waals surface area contributed by atoms with Crippen LogP contribution in [0.2, 0.25) is 0 Å². The van der Waals surface area contributed by atoms with E-state index in [1.807, 2.05) is 13.0 Å². The van der Waals surface area contributed by atoms with Crippen LogP contribution in [0.1, 0.15) is 31.7 Å². The van der Waals surface area contributed by atoms with Crippen molar-refractivity contribution in [3.05, 3.63) is 41.5 Å². The number of carboxylic acids is 1. The molecule has 1 heterocycles. The van der Waals surface area contributed by atoms with E-state index in [1.165, 1.54) is 17.7 Å². The number of rotatable bonds is 4. The maximum Gasteiger partial charge on any atom is 0.331 e. The van der Waals surface area contributed by atoms with E-state index in [0.29, 0.717) is 18.5 Å². The first kappa shape index (κ1) is 13.7. The van der Waals surface area contributed by atoms with Gasteiger partial charge in [-0.15, -0.1) is 0 Å². The smallest absolute Gasteiger partial charge is 0.331 e. The fraction of sp³-hybridized carbons (Fsp3) is 0.438. The monoisotopic (exact) mass is 259 g/mol. The molecule has 0 bridgehead atoms. The van der Waals surface area contributed by atoms with Crippen LogP contribution in [0.15, 0.2) is 35.9 Å². The highest BCUT2D eigenvalue weighted by Gasteiger charge is 2.14. The molecule has 0 aliphatic carbocycles. The van der Waals surface area contributed by atoms with E-state index in [0.717, 1.165) is 19.4 Å². The van der Waals surface area contributed by atoms with E-state index >= 15 is 0 Å². The maximum absolute atomic E-state index is 11.0. The van der Waals surface area contributed by atoms with Gasteiger partial charge in [0.1, 0.15) is 0 Å². The van der Waals surface area contributed by atoms with Crippen molar-refractivity contribution in [3.63, 3.8) is 0 Å². The third-order valence-electron chi connectivity index (χ3n) is 3.67. The highest BCUT2D eigenvalue weighted by Crippen LogP contribution is 2.26. The molecule has 1 aromatic rings. The van der Waals surface area contributed by atoms with Crippen LogP contribution in [-0.2, 0) is 11.2 Å². The molecule has 0 spiro atoms. The maximum atomic E-state index is 11.0. The minimum Gasteiger partial charge on any atom is -0.478 e. The van der Waals surface area contributed by atoms with Gasteiger partial charge >= 0.3 is 5.97 Å². The first-order chi connectivity index (χ1) is 9.22. The number of aryl methyl sites for hydroxylation is 1. The van der Waals surface area contributed by atoms with Crippen LogP contribution in [0.3, 0.4) is 0 Å². The van der Waals surface area contributed by atoms with Crippen LogP contribution < -0.4 is 4.90 Å². The first-order valence-electron chi connectivity index (χ1n) is 6.97. The molecule has 1 aromatic carbocycles. The number of para-hydroxylation sites is 1. The topological polar surface area (TPSA) is 40.5 Å². The van der Waals surface area contributed by atoms with Gasteiger partial charge in [-0.25, -0.2) is 4.79 Å². The van der Waals surface area contributed by atoms with Gasteiger partial charge in [0.25, 0.3) is 0 Å². The molecule has 1 N–H and O–H groups in total. The Morgan fingerprint density at radius 1 is 1.37 bits per heavy atom. The Hall–Kier alpha value is -1.77. The van der Waals surface area contributed by atoms with Crippen molar-refractivity contribution < 1.29 is 9.90 Å². The molecule has 19 heavy (non-hydrogen) atoms. The number of hydrogen-bond donors (Lipinski definition) is 1. The van der Waals surface area contributed by atoms with Crippen molar-refractivity contribution in [3.8, 4) is 0 Å². The van der Waals surface area contributed by atoms with E-state index in [4.69, 9.17) is 5.11 Å². The van der Waals surface area contributed by atoms with Gasteiger partial charge in [0.05, 0.1) is 0 Å². The molecule has 0 saturated carbocycles. The lowest BCUT2D eigenvalue weighted by Gasteiger charge is -2.23. The van der Waals surface area contributed by atoms with Gasteiger partial charge in [-0.3, -0.25) is 0 Å². The van der Waals surface area contributed by atoms with Crippen LogP contribution in [0.5, 0.6) is 0 Å². The standard InChI is InChI=1S/C16H21NO2/c1-2-13(16(18)19)10-12-17-11-6-5-8-14-7-3-4-9-15(14)17/h3-4,7,9-10H,2,5-6,8,11-12H2,1H3,(H,18,19). The molecular formula is C16H21NO2. The number of hydrogen-bond acceptors (Lipinski definition) is 2. The van der Waals surface area contributed by atoms with Crippen LogP contribution in [0.4, 0.5) is 5.69 Å². The Morgan fingerprint density at radius 2 is 2.16 bits per heavy atom. The Balaban J connectivity index is 2.18. The second kappa shape index (κ2) is 6.41. The molecule has 2 rings (SSSR count). The van der Waals surface area contributed by atoms with Gasteiger partial charge in [-0.05, 0) is 37.3 Å². The van der Waals surface area contributed by atoms with E-state index in [1.54, 1.807) is 0 Å². The lowest BCUT2D eigenvalue weighted by atomic mass is 10.1. The molecule has 102 valence electrons. The minimum atomic E-state index is -0.800. The van der Waals surface area contributed by atoms with E-state index < -0.39 is 5.97 Å². The summed E-state index contributed by atoms with van der Waals surface area (Å²) >= 11 is 0. The SMILES string of the molecule is CCC(=CCN1CCCCc2ccccc21)C(=O)O. The van der Waals surface area contributed by atoms with Crippen molar-refractivity contribution in [2.24, 2.45) is 0 Å². The third kappa shape index (κ3) is 3.37. The van der Waals surface area contributed by atoms with Crippen LogP contribution in [0.25, 0.3) is 0 Å². The van der Waals surface area contributed by atoms with Gasteiger partial charge in [0.15, 0.2) is 0 Å². The largest absolute Gasteiger partial charge is 0.478 e. The second-order valence-corrected chi connectivity index (χ2v) is 4.92. The number of carboxylic acid groups (broad SMARTS) is 1. The summed E-state index contributed by atoms with van der Waals surface area (Å²) in [4.78, 5) is 13.3. The molecule has 0 fully saturated rings. The van der Waals surface area contributed by atoms with Gasteiger partial charge in [0, 0.05) is 24.4 Å². The number of anilines is 1. The molecule has 0 saturated heterocycles. The summed E-state index contributed by atoms with van der Waals surface area (Å²) in [7, 11) is 0. The third-order valence-corrected chi connectivity index (χ3v) is 3.67. The predicted molar refractivity (Wildman–Crippen MR) is 77.6 cm³/mol. The summed E-state index contributed by atoms with van der Waals surface area (Å²) in [5, 5.41) is 9.07. The lowest BCUT2D eigenvalue weighted by Crippen LogP contribution is -2.24. The van der Waals surface area contributed by atoms with Gasteiger partial charge < -0.3 is 10.0 Å². The predicted octanol–water partition coefficient (Wildman–Crippen LogP) is 3.25. The summed E-state index contributed by atoms with van der Waals surface area (Å²) in [6.07, 6.45) is 5.92. The quantitative estimate of drug-likeness (QED) is 0.844. The average molecular weight is 259 g/mol. The highest BCUT2D eigenvalue weighted by molar-refractivity contribution is 5.86. The van der Waals surface area contributed by atoms with Crippen molar-refractivity contribution >= 4 is 11.7 Å². The number of fused-ring (bicyclic) bond motifs is 1. The summed E-state index contributed by atoms with van der Waals surface area (Å²) in [5.41, 5.74) is 3.14. The zero-order chi connectivity index (χ0) is 13.7. The lowest BCUT2D eigenvalue weighted by molar-refractivity contribution is -0.132. The molecule has 0 atom stereocenters. The summed E-state index contributed by atoms with van der Waals surface area (Å²) in [6.45, 7) is 3.58. The molecule has 0 aromatic heterocycles. The van der Waals surface area contributed by atoms with Crippen molar-refractivity contribution in [2.45, 2.75) is 32.6 Å². The van der Waals surface area contributed by atoms with E-state index in [2.05, 4.69) is 29.2 Å². The molecular weight excluding hydrogens is 238 g/mol. The second-order valence-electron chi connectivity index (χ2n) is 4.92. The highest BCUT2D eigenvalue weighted by atomic mass is 16.4. The number of nitrogens with zero attached hydrogens (tertiary/aromatic N) is 1. The van der Waals surface area contributed by atoms with E-state index in [9.17, 15) is 4.79 Å². The Bertz CT molecular complexity index is 479. The summed E-state index contributed by atoms with van der Waals surface area (Å²) in [5.74, 6) is -0.800. The fourth-order valence-electron chi connectivity index (χ4n) is 2.56. The zero-order valence-electron chi connectivity index (χ0n) is 11.4. The number of aliphatic carboxylic acids is 1. The van der Waals surface area contributed by atoms with Crippen LogP contribution >= 0.6 is 0 Å². The van der Waals surface area contributed by atoms with Crippen molar-refractivity contribution in [1.29, 1.82) is 0 Å². The Labute approximate surface area is 114 Å². The van der Waals surface area contributed by atoms with Gasteiger partial charge in [-0.2, -0.15) is 0 Å². The Morgan fingerprint density at radius 3 is 2.89 bits per heavy atom.